The third-order valence-electron chi connectivity index (χ3n) is 4.37. The average Bonchev–Trinajstić information content (AvgIpc) is 2.64. The van der Waals surface area contributed by atoms with E-state index >= 15 is 0 Å². The highest BCUT2D eigenvalue weighted by atomic mass is 16.5. The van der Waals surface area contributed by atoms with Crippen LogP contribution in [0.2, 0.25) is 0 Å². The monoisotopic (exact) mass is 354 g/mol. The van der Waals surface area contributed by atoms with E-state index in [-0.39, 0.29) is 5.97 Å². The van der Waals surface area contributed by atoms with Gasteiger partial charge in [-0.15, -0.1) is 0 Å². The molecule has 0 saturated carbocycles. The van der Waals surface area contributed by atoms with Gasteiger partial charge in [0.15, 0.2) is 0 Å². The van der Waals surface area contributed by atoms with Gasteiger partial charge in [-0.2, -0.15) is 0 Å². The van der Waals surface area contributed by atoms with E-state index in [9.17, 15) is 4.79 Å². The normalized spacial score (nSPS) is 12.0. The number of esters is 1. The van der Waals surface area contributed by atoms with E-state index in [1.807, 2.05) is 30.3 Å². The molecule has 3 heteroatoms. The van der Waals surface area contributed by atoms with Gasteiger partial charge >= 0.3 is 5.97 Å². The first kappa shape index (κ1) is 20.0. The van der Waals surface area contributed by atoms with Crippen LogP contribution >= 0.6 is 0 Å². The summed E-state index contributed by atoms with van der Waals surface area (Å²) in [6.07, 6.45) is 3.35. The molecule has 0 bridgehead atoms. The molecule has 1 unspecified atom stereocenters. The second-order valence-corrected chi connectivity index (χ2v) is 7.04. The minimum absolute atomic E-state index is 0.227. The predicted molar refractivity (Wildman–Crippen MR) is 106 cm³/mol. The van der Waals surface area contributed by atoms with E-state index < -0.39 is 0 Å². The Morgan fingerprint density at radius 1 is 0.962 bits per heavy atom. The van der Waals surface area contributed by atoms with Crippen LogP contribution in [0.5, 0.6) is 11.5 Å². The molecule has 2 aromatic carbocycles. The Hall–Kier alpha value is -2.29. The standard InChI is InChI=1S/C23H30O3/c1-4-19(17-18(2)3)20-12-14-21(15-13-20)25-16-8-11-23(24)26-22-9-6-5-7-10-22/h5-7,9-10,12-15,18-19H,4,8,11,16-17H2,1-3H3. The van der Waals surface area contributed by atoms with E-state index in [4.69, 9.17) is 9.47 Å². The maximum atomic E-state index is 11.8. The molecule has 0 aliphatic carbocycles. The first-order valence-corrected chi connectivity index (χ1v) is 9.57. The number of carbonyl (C=O) groups excluding carboxylic acids is 1. The molecule has 26 heavy (non-hydrogen) atoms. The lowest BCUT2D eigenvalue weighted by atomic mass is 9.88. The molecular weight excluding hydrogens is 324 g/mol. The van der Waals surface area contributed by atoms with Crippen LogP contribution in [0.15, 0.2) is 54.6 Å². The number of carbonyl (C=O) groups is 1. The highest BCUT2D eigenvalue weighted by Gasteiger charge is 2.11. The van der Waals surface area contributed by atoms with Gasteiger partial charge < -0.3 is 9.47 Å². The van der Waals surface area contributed by atoms with Gasteiger partial charge in [-0.3, -0.25) is 4.79 Å². The van der Waals surface area contributed by atoms with Crippen molar-refractivity contribution in [1.82, 2.24) is 0 Å². The third kappa shape index (κ3) is 6.91. The van der Waals surface area contributed by atoms with Gasteiger partial charge in [-0.05, 0) is 60.9 Å². The zero-order valence-corrected chi connectivity index (χ0v) is 16.1. The van der Waals surface area contributed by atoms with Crippen LogP contribution in [0, 0.1) is 5.92 Å². The molecule has 2 rings (SSSR count). The van der Waals surface area contributed by atoms with Crippen molar-refractivity contribution >= 4 is 5.97 Å². The Labute approximate surface area is 157 Å². The maximum Gasteiger partial charge on any atom is 0.311 e. The molecule has 0 heterocycles. The number of ether oxygens (including phenoxy) is 2. The van der Waals surface area contributed by atoms with E-state index in [0.29, 0.717) is 37.0 Å². The lowest BCUT2D eigenvalue weighted by Gasteiger charge is -2.18. The van der Waals surface area contributed by atoms with Gasteiger partial charge in [-0.25, -0.2) is 0 Å². The van der Waals surface area contributed by atoms with Crippen molar-refractivity contribution < 1.29 is 14.3 Å². The topological polar surface area (TPSA) is 35.5 Å². The van der Waals surface area contributed by atoms with Crippen molar-refractivity contribution in [3.05, 3.63) is 60.2 Å². The summed E-state index contributed by atoms with van der Waals surface area (Å²) in [5.74, 6) is 2.52. The second kappa shape index (κ2) is 10.6. The summed E-state index contributed by atoms with van der Waals surface area (Å²) in [5.41, 5.74) is 1.37. The zero-order chi connectivity index (χ0) is 18.8. The van der Waals surface area contributed by atoms with Crippen molar-refractivity contribution in [2.75, 3.05) is 6.61 Å². The van der Waals surface area contributed by atoms with Crippen molar-refractivity contribution in [2.45, 2.75) is 52.4 Å². The molecule has 0 aliphatic rings. The number of para-hydroxylation sites is 1. The number of benzene rings is 2. The predicted octanol–water partition coefficient (Wildman–Crippen LogP) is 5.99. The molecule has 0 radical (unpaired) electrons. The summed E-state index contributed by atoms with van der Waals surface area (Å²) >= 11 is 0. The lowest BCUT2D eigenvalue weighted by Crippen LogP contribution is -2.09. The van der Waals surface area contributed by atoms with E-state index in [2.05, 4.69) is 32.9 Å². The van der Waals surface area contributed by atoms with Crippen LogP contribution in [0.1, 0.15) is 57.9 Å². The Balaban J connectivity index is 1.71. The summed E-state index contributed by atoms with van der Waals surface area (Å²) in [6, 6.07) is 17.5. The lowest BCUT2D eigenvalue weighted by molar-refractivity contribution is -0.134. The van der Waals surface area contributed by atoms with Crippen LogP contribution in [-0.4, -0.2) is 12.6 Å². The fourth-order valence-corrected chi connectivity index (χ4v) is 3.02. The van der Waals surface area contributed by atoms with Crippen molar-refractivity contribution in [2.24, 2.45) is 5.92 Å². The average molecular weight is 354 g/mol. The van der Waals surface area contributed by atoms with E-state index in [1.54, 1.807) is 12.1 Å². The van der Waals surface area contributed by atoms with Crippen LogP contribution in [-0.2, 0) is 4.79 Å². The van der Waals surface area contributed by atoms with Crippen LogP contribution in [0.25, 0.3) is 0 Å². The number of rotatable bonds is 10. The summed E-state index contributed by atoms with van der Waals surface area (Å²) < 4.78 is 11.0. The minimum Gasteiger partial charge on any atom is -0.494 e. The van der Waals surface area contributed by atoms with Gasteiger partial charge in [0.2, 0.25) is 0 Å². The quantitative estimate of drug-likeness (QED) is 0.299. The minimum atomic E-state index is -0.227. The smallest absolute Gasteiger partial charge is 0.311 e. The van der Waals surface area contributed by atoms with Crippen LogP contribution in [0.4, 0.5) is 0 Å². The van der Waals surface area contributed by atoms with Gasteiger partial charge in [0.25, 0.3) is 0 Å². The Morgan fingerprint density at radius 2 is 1.65 bits per heavy atom. The van der Waals surface area contributed by atoms with Gasteiger partial charge in [0.1, 0.15) is 11.5 Å². The van der Waals surface area contributed by atoms with Gasteiger partial charge in [-0.1, -0.05) is 51.1 Å². The van der Waals surface area contributed by atoms with Gasteiger partial charge in [0.05, 0.1) is 6.61 Å². The first-order chi connectivity index (χ1) is 12.6. The Morgan fingerprint density at radius 3 is 2.27 bits per heavy atom. The molecule has 0 spiro atoms. The van der Waals surface area contributed by atoms with Crippen molar-refractivity contribution in [3.63, 3.8) is 0 Å². The molecule has 0 aliphatic heterocycles. The van der Waals surface area contributed by atoms with Crippen LogP contribution in [0.3, 0.4) is 0 Å². The SMILES string of the molecule is CCC(CC(C)C)c1ccc(OCCCC(=O)Oc2ccccc2)cc1. The van der Waals surface area contributed by atoms with E-state index in [1.165, 1.54) is 12.0 Å². The summed E-state index contributed by atoms with van der Waals surface area (Å²) in [4.78, 5) is 11.8. The highest BCUT2D eigenvalue weighted by Crippen LogP contribution is 2.28. The summed E-state index contributed by atoms with van der Waals surface area (Å²) in [7, 11) is 0. The summed E-state index contributed by atoms with van der Waals surface area (Å²) in [6.45, 7) is 7.28. The van der Waals surface area contributed by atoms with Gasteiger partial charge in [0, 0.05) is 6.42 Å². The summed E-state index contributed by atoms with van der Waals surface area (Å²) in [5, 5.41) is 0. The van der Waals surface area contributed by atoms with Crippen molar-refractivity contribution in [3.8, 4) is 11.5 Å². The molecule has 0 aromatic heterocycles. The highest BCUT2D eigenvalue weighted by molar-refractivity contribution is 5.72. The van der Waals surface area contributed by atoms with Crippen LogP contribution < -0.4 is 9.47 Å². The van der Waals surface area contributed by atoms with Crippen molar-refractivity contribution in [1.29, 1.82) is 0 Å². The zero-order valence-electron chi connectivity index (χ0n) is 16.1. The molecule has 0 amide bonds. The first-order valence-electron chi connectivity index (χ1n) is 9.57. The fourth-order valence-electron chi connectivity index (χ4n) is 3.02. The molecule has 0 fully saturated rings. The molecule has 0 N–H and O–H groups in total. The second-order valence-electron chi connectivity index (χ2n) is 7.04. The molecule has 2 aromatic rings. The Bertz CT molecular complexity index is 647. The number of hydrogen-bond acceptors (Lipinski definition) is 3. The molecular formula is C23H30O3. The fraction of sp³-hybridized carbons (Fsp3) is 0.435. The number of hydrogen-bond donors (Lipinski definition) is 0. The molecule has 0 saturated heterocycles. The Kier molecular flexibility index (Phi) is 8.20. The molecule has 140 valence electrons. The van der Waals surface area contributed by atoms with E-state index in [0.717, 1.165) is 12.2 Å². The third-order valence-corrected chi connectivity index (χ3v) is 4.37. The largest absolute Gasteiger partial charge is 0.494 e. The molecule has 1 atom stereocenters. The maximum absolute atomic E-state index is 11.8. The molecule has 3 nitrogen and oxygen atoms in total.